The lowest BCUT2D eigenvalue weighted by atomic mass is 10.1. The van der Waals surface area contributed by atoms with Crippen molar-refractivity contribution >= 4 is 33.1 Å². The van der Waals surface area contributed by atoms with Gasteiger partial charge in [0.05, 0.1) is 11.1 Å². The van der Waals surface area contributed by atoms with E-state index in [9.17, 15) is 23.5 Å². The molecule has 0 saturated carbocycles. The molecule has 0 radical (unpaired) electrons. The first kappa shape index (κ1) is 17.1. The number of rotatable bonds is 2. The number of nitrogens with zero attached hydrogens (tertiary/aromatic N) is 2. The quantitative estimate of drug-likeness (QED) is 0.760. The number of aromatic hydroxyl groups is 1. The molecule has 0 atom stereocenters. The van der Waals surface area contributed by atoms with Gasteiger partial charge in [0.1, 0.15) is 27.8 Å². The fourth-order valence-corrected chi connectivity index (χ4v) is 3.70. The number of fused-ring (bicyclic) bond motifs is 1. The maximum Gasteiger partial charge on any atom is 0.268 e. The van der Waals surface area contributed by atoms with Gasteiger partial charge in [0.2, 0.25) is 0 Å². The van der Waals surface area contributed by atoms with E-state index < -0.39 is 34.4 Å². The molecular formula is C17H14F2N2O3S. The van der Waals surface area contributed by atoms with Crippen molar-refractivity contribution in [2.24, 2.45) is 7.05 Å². The number of aryl methyl sites for hydroxylation is 2. The Morgan fingerprint density at radius 3 is 2.64 bits per heavy atom. The first-order valence-electron chi connectivity index (χ1n) is 7.27. The van der Waals surface area contributed by atoms with E-state index in [-0.39, 0.29) is 5.69 Å². The third kappa shape index (κ3) is 2.58. The second-order valence-corrected chi connectivity index (χ2v) is 6.50. The second-order valence-electron chi connectivity index (χ2n) is 5.65. The summed E-state index contributed by atoms with van der Waals surface area (Å²) in [5.41, 5.74) is -0.623. The van der Waals surface area contributed by atoms with Crippen LogP contribution in [0.3, 0.4) is 0 Å². The molecule has 1 N–H and O–H groups in total. The molecule has 3 rings (SSSR count). The summed E-state index contributed by atoms with van der Waals surface area (Å²) in [6.45, 7) is 1.75. The summed E-state index contributed by atoms with van der Waals surface area (Å²) < 4.78 is 28.3. The van der Waals surface area contributed by atoms with Crippen molar-refractivity contribution in [3.05, 3.63) is 56.7 Å². The van der Waals surface area contributed by atoms with Crippen LogP contribution in [-0.2, 0) is 7.05 Å². The van der Waals surface area contributed by atoms with Crippen LogP contribution in [0.15, 0.2) is 28.4 Å². The van der Waals surface area contributed by atoms with E-state index in [0.717, 1.165) is 22.6 Å². The summed E-state index contributed by atoms with van der Waals surface area (Å²) in [6.07, 6.45) is 0. The molecule has 0 fully saturated rings. The monoisotopic (exact) mass is 364 g/mol. The SMILES string of the molecule is Cc1csc2c1c(O)c(C(=O)N(C)c1ccc(F)cc1F)c(=O)n2C. The molecule has 130 valence electrons. The summed E-state index contributed by atoms with van der Waals surface area (Å²) in [5.74, 6) is -3.04. The Morgan fingerprint density at radius 1 is 1.32 bits per heavy atom. The number of benzene rings is 1. The molecule has 1 aromatic carbocycles. The van der Waals surface area contributed by atoms with E-state index in [1.54, 1.807) is 12.3 Å². The number of aromatic nitrogens is 1. The van der Waals surface area contributed by atoms with E-state index in [0.29, 0.717) is 16.3 Å². The van der Waals surface area contributed by atoms with Gasteiger partial charge < -0.3 is 14.6 Å². The van der Waals surface area contributed by atoms with Crippen LogP contribution in [0.1, 0.15) is 15.9 Å². The Morgan fingerprint density at radius 2 is 2.00 bits per heavy atom. The Balaban J connectivity index is 2.20. The predicted octanol–water partition coefficient (Wildman–Crippen LogP) is 3.17. The van der Waals surface area contributed by atoms with Crippen molar-refractivity contribution in [1.29, 1.82) is 0 Å². The number of carbonyl (C=O) groups excluding carboxylic acids is 1. The number of thiophene rings is 1. The summed E-state index contributed by atoms with van der Waals surface area (Å²) in [7, 11) is 2.75. The van der Waals surface area contributed by atoms with E-state index in [4.69, 9.17) is 0 Å². The zero-order valence-corrected chi connectivity index (χ0v) is 14.4. The molecular weight excluding hydrogens is 350 g/mol. The molecule has 0 saturated heterocycles. The Bertz CT molecular complexity index is 1070. The number of pyridine rings is 1. The number of amides is 1. The van der Waals surface area contributed by atoms with Gasteiger partial charge in [0.25, 0.3) is 11.5 Å². The molecule has 0 bridgehead atoms. The molecule has 8 heteroatoms. The van der Waals surface area contributed by atoms with Crippen LogP contribution in [-0.4, -0.2) is 22.6 Å². The van der Waals surface area contributed by atoms with Gasteiger partial charge in [-0.05, 0) is 30.0 Å². The number of hydrogen-bond acceptors (Lipinski definition) is 4. The van der Waals surface area contributed by atoms with Crippen molar-refractivity contribution in [2.45, 2.75) is 6.92 Å². The maximum atomic E-state index is 13.9. The molecule has 2 heterocycles. The zero-order valence-electron chi connectivity index (χ0n) is 13.6. The molecule has 0 spiro atoms. The van der Waals surface area contributed by atoms with Crippen molar-refractivity contribution in [1.82, 2.24) is 4.57 Å². The zero-order chi connectivity index (χ0) is 18.5. The van der Waals surface area contributed by atoms with Gasteiger partial charge in [-0.15, -0.1) is 11.3 Å². The number of anilines is 1. The van der Waals surface area contributed by atoms with E-state index in [1.165, 1.54) is 30.0 Å². The van der Waals surface area contributed by atoms with E-state index in [1.807, 2.05) is 0 Å². The Labute approximate surface area is 145 Å². The van der Waals surface area contributed by atoms with Crippen molar-refractivity contribution in [3.8, 4) is 5.75 Å². The summed E-state index contributed by atoms with van der Waals surface area (Å²) >= 11 is 1.27. The maximum absolute atomic E-state index is 13.9. The Kier molecular flexibility index (Phi) is 4.08. The van der Waals surface area contributed by atoms with Crippen LogP contribution < -0.4 is 10.5 Å². The Hall–Kier alpha value is -2.74. The van der Waals surface area contributed by atoms with Crippen LogP contribution in [0, 0.1) is 18.6 Å². The highest BCUT2D eigenvalue weighted by atomic mass is 32.1. The normalized spacial score (nSPS) is 11.1. The second kappa shape index (κ2) is 5.96. The summed E-state index contributed by atoms with van der Waals surface area (Å²) in [4.78, 5) is 26.7. The van der Waals surface area contributed by atoms with Gasteiger partial charge in [-0.2, -0.15) is 0 Å². The molecule has 2 aromatic heterocycles. The van der Waals surface area contributed by atoms with Crippen LogP contribution in [0.25, 0.3) is 10.2 Å². The first-order chi connectivity index (χ1) is 11.7. The molecule has 25 heavy (non-hydrogen) atoms. The van der Waals surface area contributed by atoms with Crippen LogP contribution in [0.2, 0.25) is 0 Å². The van der Waals surface area contributed by atoms with E-state index >= 15 is 0 Å². The molecule has 0 unspecified atom stereocenters. The first-order valence-corrected chi connectivity index (χ1v) is 8.14. The van der Waals surface area contributed by atoms with Crippen LogP contribution in [0.4, 0.5) is 14.5 Å². The highest BCUT2D eigenvalue weighted by molar-refractivity contribution is 7.17. The standard InChI is InChI=1S/C17H14F2N2O3S/c1-8-7-25-17-12(8)14(22)13(16(24)21(17)3)15(23)20(2)11-5-4-9(18)6-10(11)19/h4-7,22H,1-3H3. The molecule has 3 aromatic rings. The van der Waals surface area contributed by atoms with Gasteiger partial charge in [0, 0.05) is 20.2 Å². The number of hydrogen-bond donors (Lipinski definition) is 1. The summed E-state index contributed by atoms with van der Waals surface area (Å²) in [6, 6.07) is 2.74. The molecule has 0 aliphatic carbocycles. The van der Waals surface area contributed by atoms with Crippen molar-refractivity contribution < 1.29 is 18.7 Å². The van der Waals surface area contributed by atoms with Crippen molar-refractivity contribution in [3.63, 3.8) is 0 Å². The number of carbonyl (C=O) groups is 1. The van der Waals surface area contributed by atoms with Crippen molar-refractivity contribution in [2.75, 3.05) is 11.9 Å². The molecule has 1 amide bonds. The lowest BCUT2D eigenvalue weighted by Crippen LogP contribution is -2.34. The molecule has 5 nitrogen and oxygen atoms in total. The highest BCUT2D eigenvalue weighted by Crippen LogP contribution is 2.34. The van der Waals surface area contributed by atoms with Gasteiger partial charge in [-0.1, -0.05) is 0 Å². The highest BCUT2D eigenvalue weighted by Gasteiger charge is 2.27. The predicted molar refractivity (Wildman–Crippen MR) is 92.6 cm³/mol. The minimum atomic E-state index is -0.944. The largest absolute Gasteiger partial charge is 0.506 e. The molecule has 0 aliphatic rings. The van der Waals surface area contributed by atoms with Gasteiger partial charge >= 0.3 is 0 Å². The fraction of sp³-hybridized carbons (Fsp3) is 0.176. The van der Waals surface area contributed by atoms with Crippen LogP contribution >= 0.6 is 11.3 Å². The minimum absolute atomic E-state index is 0.199. The van der Waals surface area contributed by atoms with Crippen LogP contribution in [0.5, 0.6) is 5.75 Å². The average Bonchev–Trinajstić information content (AvgIpc) is 2.94. The molecule has 0 aliphatic heterocycles. The minimum Gasteiger partial charge on any atom is -0.506 e. The van der Waals surface area contributed by atoms with Gasteiger partial charge in [-0.25, -0.2) is 8.78 Å². The third-order valence-corrected chi connectivity index (χ3v) is 5.21. The number of halogens is 2. The lowest BCUT2D eigenvalue weighted by molar-refractivity contribution is 0.0988. The smallest absolute Gasteiger partial charge is 0.268 e. The van der Waals surface area contributed by atoms with Gasteiger partial charge in [0.15, 0.2) is 0 Å². The third-order valence-electron chi connectivity index (χ3n) is 4.04. The van der Waals surface area contributed by atoms with E-state index in [2.05, 4.69) is 0 Å². The van der Waals surface area contributed by atoms with Gasteiger partial charge in [-0.3, -0.25) is 9.59 Å². The summed E-state index contributed by atoms with van der Waals surface area (Å²) in [5, 5.41) is 12.7. The lowest BCUT2D eigenvalue weighted by Gasteiger charge is -2.19. The topological polar surface area (TPSA) is 62.5 Å². The average molecular weight is 364 g/mol. The fourth-order valence-electron chi connectivity index (χ4n) is 2.67.